The lowest BCUT2D eigenvalue weighted by Gasteiger charge is -1.91. The van der Waals surface area contributed by atoms with Crippen LogP contribution in [-0.2, 0) is 4.79 Å². The second kappa shape index (κ2) is 4.11. The van der Waals surface area contributed by atoms with Crippen molar-refractivity contribution in [2.45, 2.75) is 12.8 Å². The molecule has 0 radical (unpaired) electrons. The van der Waals surface area contributed by atoms with Gasteiger partial charge in [0.2, 0.25) is 0 Å². The highest BCUT2D eigenvalue weighted by atomic mass is 35.5. The fraction of sp³-hybridized carbons (Fsp3) is 0.429. The van der Waals surface area contributed by atoms with Gasteiger partial charge in [0.25, 0.3) is 5.91 Å². The molecule has 0 aromatic rings. The number of rotatable bonds is 3. The maximum Gasteiger partial charge on any atom is 0.326 e. The summed E-state index contributed by atoms with van der Waals surface area (Å²) in [5.74, 6) is 0.189. The van der Waals surface area contributed by atoms with Gasteiger partial charge < -0.3 is 5.32 Å². The van der Waals surface area contributed by atoms with E-state index in [2.05, 4.69) is 10.6 Å². The van der Waals surface area contributed by atoms with Crippen molar-refractivity contribution in [3.63, 3.8) is 0 Å². The number of halogens is 1. The minimum atomic E-state index is -0.461. The van der Waals surface area contributed by atoms with Gasteiger partial charge >= 0.3 is 6.03 Å². The first kappa shape index (κ1) is 9.06. The Balaban J connectivity index is 2.46. The molecule has 0 aromatic heterocycles. The van der Waals surface area contributed by atoms with Crippen molar-refractivity contribution < 1.29 is 9.59 Å². The molecule has 2 N–H and O–H groups in total. The number of unbranched alkanes of at least 4 members (excludes halogenated alkanes) is 1. The molecular weight excluding hydrogens is 180 g/mol. The van der Waals surface area contributed by atoms with Crippen LogP contribution in [0.15, 0.2) is 11.8 Å². The average Bonchev–Trinajstić information content (AvgIpc) is 2.31. The smallest absolute Gasteiger partial charge is 0.303 e. The van der Waals surface area contributed by atoms with Crippen LogP contribution in [0.5, 0.6) is 0 Å². The quantitative estimate of drug-likeness (QED) is 0.297. The number of carbonyl (C=O) groups excluding carboxylic acids is 2. The molecule has 0 saturated carbocycles. The highest BCUT2D eigenvalue weighted by molar-refractivity contribution is 6.17. The largest absolute Gasteiger partial charge is 0.326 e. The second-order valence-corrected chi connectivity index (χ2v) is 2.74. The van der Waals surface area contributed by atoms with Gasteiger partial charge in [-0.2, -0.15) is 0 Å². The van der Waals surface area contributed by atoms with Crippen LogP contribution in [0.2, 0.25) is 0 Å². The Kier molecular flexibility index (Phi) is 3.10. The first-order valence-electron chi connectivity index (χ1n) is 3.62. The molecule has 4 nitrogen and oxygen atoms in total. The zero-order valence-corrected chi connectivity index (χ0v) is 7.15. The number of imide groups is 1. The molecule has 0 spiro atoms. The summed E-state index contributed by atoms with van der Waals surface area (Å²) < 4.78 is 0. The van der Waals surface area contributed by atoms with Crippen molar-refractivity contribution in [1.82, 2.24) is 10.6 Å². The van der Waals surface area contributed by atoms with E-state index in [0.29, 0.717) is 18.0 Å². The number of urea groups is 1. The molecule has 1 fully saturated rings. The molecule has 0 unspecified atom stereocenters. The highest BCUT2D eigenvalue weighted by Crippen LogP contribution is 2.01. The van der Waals surface area contributed by atoms with Crippen LogP contribution in [-0.4, -0.2) is 17.8 Å². The van der Waals surface area contributed by atoms with Gasteiger partial charge in [-0.25, -0.2) is 4.79 Å². The zero-order valence-electron chi connectivity index (χ0n) is 6.39. The van der Waals surface area contributed by atoms with Crippen LogP contribution in [0.1, 0.15) is 12.8 Å². The van der Waals surface area contributed by atoms with Crippen LogP contribution >= 0.6 is 11.6 Å². The zero-order chi connectivity index (χ0) is 8.97. The number of allylic oxidation sites excluding steroid dienone is 1. The van der Waals surface area contributed by atoms with Gasteiger partial charge in [0.05, 0.1) is 0 Å². The molecule has 1 heterocycles. The molecule has 66 valence electrons. The van der Waals surface area contributed by atoms with E-state index in [1.54, 1.807) is 6.08 Å². The molecule has 5 heteroatoms. The minimum absolute atomic E-state index is 0.324. The number of hydrogen-bond acceptors (Lipinski definition) is 2. The van der Waals surface area contributed by atoms with Gasteiger partial charge in [0.15, 0.2) is 0 Å². The van der Waals surface area contributed by atoms with Gasteiger partial charge in [0, 0.05) is 5.88 Å². The van der Waals surface area contributed by atoms with Gasteiger partial charge in [-0.3, -0.25) is 10.1 Å². The minimum Gasteiger partial charge on any atom is -0.303 e. The van der Waals surface area contributed by atoms with E-state index < -0.39 is 6.03 Å². The van der Waals surface area contributed by atoms with E-state index in [4.69, 9.17) is 11.6 Å². The lowest BCUT2D eigenvalue weighted by atomic mass is 10.3. The van der Waals surface area contributed by atoms with E-state index in [9.17, 15) is 9.59 Å². The number of alkyl halides is 1. The second-order valence-electron chi connectivity index (χ2n) is 2.36. The summed E-state index contributed by atoms with van der Waals surface area (Å²) in [6.07, 6.45) is 3.17. The van der Waals surface area contributed by atoms with Gasteiger partial charge in [-0.15, -0.1) is 11.6 Å². The monoisotopic (exact) mass is 188 g/mol. The summed E-state index contributed by atoms with van der Waals surface area (Å²) in [6, 6.07) is -0.461. The summed E-state index contributed by atoms with van der Waals surface area (Å²) in [4.78, 5) is 21.5. The van der Waals surface area contributed by atoms with E-state index in [-0.39, 0.29) is 5.91 Å². The Bertz CT molecular complexity index is 238. The molecule has 0 bridgehead atoms. The van der Waals surface area contributed by atoms with Crippen molar-refractivity contribution in [3.05, 3.63) is 11.8 Å². The molecule has 1 rings (SSSR count). The van der Waals surface area contributed by atoms with Gasteiger partial charge in [-0.05, 0) is 12.8 Å². The third-order valence-electron chi connectivity index (χ3n) is 1.41. The van der Waals surface area contributed by atoms with Crippen molar-refractivity contribution in [1.29, 1.82) is 0 Å². The van der Waals surface area contributed by atoms with Gasteiger partial charge in [-0.1, -0.05) is 6.08 Å². The topological polar surface area (TPSA) is 58.2 Å². The third kappa shape index (κ3) is 2.23. The van der Waals surface area contributed by atoms with Crippen LogP contribution in [0.25, 0.3) is 0 Å². The van der Waals surface area contributed by atoms with E-state index in [0.717, 1.165) is 6.42 Å². The number of nitrogens with one attached hydrogen (secondary N) is 2. The molecule has 1 aliphatic rings. The summed E-state index contributed by atoms with van der Waals surface area (Å²) >= 11 is 5.43. The average molecular weight is 189 g/mol. The molecule has 1 aliphatic heterocycles. The van der Waals surface area contributed by atoms with Crippen LogP contribution in [0.4, 0.5) is 4.79 Å². The third-order valence-corrected chi connectivity index (χ3v) is 1.67. The Morgan fingerprint density at radius 3 is 2.58 bits per heavy atom. The summed E-state index contributed by atoms with van der Waals surface area (Å²) in [6.45, 7) is 0. The molecule has 1 saturated heterocycles. The maximum absolute atomic E-state index is 10.9. The summed E-state index contributed by atoms with van der Waals surface area (Å²) in [5.41, 5.74) is 0.324. The molecule has 12 heavy (non-hydrogen) atoms. The predicted molar refractivity (Wildman–Crippen MR) is 44.7 cm³/mol. The van der Waals surface area contributed by atoms with Gasteiger partial charge in [0.1, 0.15) is 5.70 Å². The number of amides is 3. The molecular formula is C7H9ClN2O2. The van der Waals surface area contributed by atoms with E-state index in [1.807, 2.05) is 0 Å². The Hall–Kier alpha value is -1.03. The fourth-order valence-electron chi connectivity index (χ4n) is 0.848. The molecule has 0 aromatic carbocycles. The van der Waals surface area contributed by atoms with Crippen molar-refractivity contribution in [3.8, 4) is 0 Å². The normalized spacial score (nSPS) is 19.6. The van der Waals surface area contributed by atoms with Crippen LogP contribution < -0.4 is 10.6 Å². The lowest BCUT2D eigenvalue weighted by molar-refractivity contribution is -0.115. The standard InChI is InChI=1S/C7H9ClN2O2/c8-4-2-1-3-5-6(11)10-7(12)9-5/h3H,1-2,4H2,(H2,9,10,11,12). The Morgan fingerprint density at radius 2 is 2.08 bits per heavy atom. The Morgan fingerprint density at radius 1 is 1.33 bits per heavy atom. The first-order chi connectivity index (χ1) is 5.74. The van der Waals surface area contributed by atoms with Crippen LogP contribution in [0.3, 0.4) is 0 Å². The molecule has 0 atom stereocenters. The predicted octanol–water partition coefficient (Wildman–Crippen LogP) is 0.729. The SMILES string of the molecule is O=C1NC(=O)C(=CCCCCl)N1. The molecule has 3 amide bonds. The number of hydrogen-bond donors (Lipinski definition) is 2. The Labute approximate surface area is 75.0 Å². The van der Waals surface area contributed by atoms with Crippen molar-refractivity contribution in [2.24, 2.45) is 0 Å². The lowest BCUT2D eigenvalue weighted by Crippen LogP contribution is -2.22. The van der Waals surface area contributed by atoms with E-state index in [1.165, 1.54) is 0 Å². The highest BCUT2D eigenvalue weighted by Gasteiger charge is 2.21. The summed E-state index contributed by atoms with van der Waals surface area (Å²) in [7, 11) is 0. The fourth-order valence-corrected chi connectivity index (χ4v) is 1.00. The first-order valence-corrected chi connectivity index (χ1v) is 4.16. The maximum atomic E-state index is 10.9. The number of carbonyl (C=O) groups is 2. The molecule has 0 aliphatic carbocycles. The van der Waals surface area contributed by atoms with E-state index >= 15 is 0 Å². The van der Waals surface area contributed by atoms with Crippen molar-refractivity contribution >= 4 is 23.5 Å². The van der Waals surface area contributed by atoms with Crippen molar-refractivity contribution in [2.75, 3.05) is 5.88 Å². The van der Waals surface area contributed by atoms with Crippen LogP contribution in [0, 0.1) is 0 Å². The summed E-state index contributed by atoms with van der Waals surface area (Å²) in [5, 5.41) is 4.48.